The molecule has 1 rings (SSSR count). The Kier molecular flexibility index (Phi) is 4.10. The molecule has 0 aliphatic carbocycles. The number of hydrogen-bond donors (Lipinski definition) is 4. The number of anilines is 2. The molecule has 0 fully saturated rings. The molecule has 86 valence electrons. The second-order valence-electron chi connectivity index (χ2n) is 2.83. The molecule has 1 aromatic rings. The number of nitrogens with two attached hydrogens (primary N) is 1. The minimum absolute atomic E-state index is 0.399. The summed E-state index contributed by atoms with van der Waals surface area (Å²) >= 11 is 0. The van der Waals surface area contributed by atoms with Crippen molar-refractivity contribution >= 4 is 23.4 Å². The van der Waals surface area contributed by atoms with Gasteiger partial charge in [0.05, 0.1) is 11.4 Å². The molecular weight excluding hydrogens is 214 g/mol. The molecule has 0 spiro atoms. The van der Waals surface area contributed by atoms with E-state index in [0.29, 0.717) is 11.4 Å². The average Bonchev–Trinajstić information content (AvgIpc) is 2.21. The van der Waals surface area contributed by atoms with Crippen molar-refractivity contribution in [1.29, 1.82) is 0 Å². The highest BCUT2D eigenvalue weighted by Gasteiger charge is 2.04. The van der Waals surface area contributed by atoms with Gasteiger partial charge in [-0.2, -0.15) is 0 Å². The van der Waals surface area contributed by atoms with Crippen LogP contribution in [0.5, 0.6) is 0 Å². The van der Waals surface area contributed by atoms with Crippen LogP contribution in [-0.4, -0.2) is 23.7 Å². The van der Waals surface area contributed by atoms with Gasteiger partial charge in [-0.1, -0.05) is 12.1 Å². The number of carbonyl (C=O) groups excluding carboxylic acids is 1. The van der Waals surface area contributed by atoms with Crippen LogP contribution in [0.15, 0.2) is 24.3 Å². The molecule has 0 atom stereocenters. The molecule has 0 bridgehead atoms. The molecule has 0 saturated carbocycles. The number of carboxylic acid groups (broad SMARTS) is 1. The Balaban J connectivity index is 2.40. The first-order chi connectivity index (χ1) is 7.59. The SMILES string of the molecule is Nc1ccccc1NC(=O)NOCC(=O)O. The molecule has 0 aromatic heterocycles. The summed E-state index contributed by atoms with van der Waals surface area (Å²) in [5, 5.41) is 10.6. The van der Waals surface area contributed by atoms with Crippen molar-refractivity contribution in [3.63, 3.8) is 0 Å². The molecule has 16 heavy (non-hydrogen) atoms. The highest BCUT2D eigenvalue weighted by molar-refractivity contribution is 5.91. The van der Waals surface area contributed by atoms with Crippen LogP contribution in [-0.2, 0) is 9.63 Å². The van der Waals surface area contributed by atoms with Crippen LogP contribution >= 0.6 is 0 Å². The highest BCUT2D eigenvalue weighted by Crippen LogP contribution is 2.15. The minimum Gasteiger partial charge on any atom is -0.479 e. The van der Waals surface area contributed by atoms with Crippen molar-refractivity contribution in [2.24, 2.45) is 0 Å². The van der Waals surface area contributed by atoms with Gasteiger partial charge in [-0.25, -0.2) is 15.1 Å². The number of hydroxylamine groups is 1. The molecule has 0 unspecified atom stereocenters. The largest absolute Gasteiger partial charge is 0.479 e. The van der Waals surface area contributed by atoms with Gasteiger partial charge in [0.2, 0.25) is 0 Å². The van der Waals surface area contributed by atoms with Crippen LogP contribution in [0.1, 0.15) is 0 Å². The molecule has 0 heterocycles. The summed E-state index contributed by atoms with van der Waals surface area (Å²) in [6, 6.07) is 5.95. The number of amides is 2. The maximum absolute atomic E-state index is 11.2. The number of hydrogen-bond acceptors (Lipinski definition) is 4. The fourth-order valence-electron chi connectivity index (χ4n) is 0.922. The fraction of sp³-hybridized carbons (Fsp3) is 0.111. The predicted octanol–water partition coefficient (Wildman–Crippen LogP) is 0.406. The molecule has 0 aliphatic heterocycles. The second-order valence-corrected chi connectivity index (χ2v) is 2.83. The molecule has 2 amide bonds. The first-order valence-corrected chi connectivity index (χ1v) is 4.34. The number of para-hydroxylation sites is 2. The summed E-state index contributed by atoms with van der Waals surface area (Å²) in [4.78, 5) is 25.6. The molecule has 7 nitrogen and oxygen atoms in total. The summed E-state index contributed by atoms with van der Waals surface area (Å²) < 4.78 is 0. The maximum Gasteiger partial charge on any atom is 0.343 e. The molecule has 0 radical (unpaired) electrons. The zero-order chi connectivity index (χ0) is 12.0. The van der Waals surface area contributed by atoms with Gasteiger partial charge in [0.15, 0.2) is 6.61 Å². The van der Waals surface area contributed by atoms with Crippen LogP contribution in [0.25, 0.3) is 0 Å². The van der Waals surface area contributed by atoms with Crippen LogP contribution < -0.4 is 16.5 Å². The third-order valence-electron chi connectivity index (χ3n) is 1.57. The number of nitrogen functional groups attached to an aromatic ring is 1. The maximum atomic E-state index is 11.2. The first kappa shape index (κ1) is 11.8. The standard InChI is InChI=1S/C9H11N3O4/c10-6-3-1-2-4-7(6)11-9(15)12-16-5-8(13)14/h1-4H,5,10H2,(H,13,14)(H2,11,12,15). The zero-order valence-electron chi connectivity index (χ0n) is 8.27. The normalized spacial score (nSPS) is 9.50. The number of benzene rings is 1. The van der Waals surface area contributed by atoms with Crippen LogP contribution in [0.2, 0.25) is 0 Å². The van der Waals surface area contributed by atoms with E-state index < -0.39 is 18.6 Å². The van der Waals surface area contributed by atoms with Crippen molar-refractivity contribution in [2.45, 2.75) is 0 Å². The van der Waals surface area contributed by atoms with E-state index in [4.69, 9.17) is 10.8 Å². The zero-order valence-corrected chi connectivity index (χ0v) is 8.27. The van der Waals surface area contributed by atoms with E-state index in [1.54, 1.807) is 24.3 Å². The Labute approximate surface area is 91.2 Å². The van der Waals surface area contributed by atoms with Gasteiger partial charge in [-0.15, -0.1) is 0 Å². The fourth-order valence-corrected chi connectivity index (χ4v) is 0.922. The lowest BCUT2D eigenvalue weighted by molar-refractivity contribution is -0.143. The molecule has 1 aromatic carbocycles. The predicted molar refractivity (Wildman–Crippen MR) is 56.6 cm³/mol. The lowest BCUT2D eigenvalue weighted by Gasteiger charge is -2.08. The average molecular weight is 225 g/mol. The van der Waals surface area contributed by atoms with E-state index >= 15 is 0 Å². The van der Waals surface area contributed by atoms with Gasteiger partial charge >= 0.3 is 12.0 Å². The van der Waals surface area contributed by atoms with E-state index in [9.17, 15) is 9.59 Å². The monoisotopic (exact) mass is 225 g/mol. The number of carbonyl (C=O) groups is 2. The van der Waals surface area contributed by atoms with Gasteiger partial charge < -0.3 is 16.2 Å². The van der Waals surface area contributed by atoms with E-state index in [2.05, 4.69) is 10.2 Å². The molecular formula is C9H11N3O4. The summed E-state index contributed by atoms with van der Waals surface area (Å²) in [5.41, 5.74) is 8.29. The lowest BCUT2D eigenvalue weighted by atomic mass is 10.3. The van der Waals surface area contributed by atoms with Crippen LogP contribution in [0.4, 0.5) is 16.2 Å². The van der Waals surface area contributed by atoms with Crippen molar-refractivity contribution in [3.8, 4) is 0 Å². The molecule has 0 aliphatic rings. The Hall–Kier alpha value is -2.28. The smallest absolute Gasteiger partial charge is 0.343 e. The lowest BCUT2D eigenvalue weighted by Crippen LogP contribution is -2.31. The van der Waals surface area contributed by atoms with Gasteiger partial charge in [0.1, 0.15) is 0 Å². The van der Waals surface area contributed by atoms with Gasteiger partial charge in [0.25, 0.3) is 0 Å². The summed E-state index contributed by atoms with van der Waals surface area (Å²) in [5.74, 6) is -1.18. The van der Waals surface area contributed by atoms with Gasteiger partial charge in [-0.05, 0) is 12.1 Å². The topological polar surface area (TPSA) is 114 Å². The summed E-state index contributed by atoms with van der Waals surface area (Å²) in [6.45, 7) is -0.613. The molecule has 0 saturated heterocycles. The quantitative estimate of drug-likeness (QED) is 0.437. The summed E-state index contributed by atoms with van der Waals surface area (Å²) in [6.07, 6.45) is 0. The van der Waals surface area contributed by atoms with Crippen LogP contribution in [0.3, 0.4) is 0 Å². The van der Waals surface area contributed by atoms with Gasteiger partial charge in [-0.3, -0.25) is 4.84 Å². The Bertz CT molecular complexity index is 394. The second kappa shape index (κ2) is 5.56. The highest BCUT2D eigenvalue weighted by atomic mass is 16.7. The molecule has 7 heteroatoms. The van der Waals surface area contributed by atoms with Crippen LogP contribution in [0, 0.1) is 0 Å². The Morgan fingerprint density at radius 3 is 2.69 bits per heavy atom. The van der Waals surface area contributed by atoms with Crippen molar-refractivity contribution < 1.29 is 19.5 Å². The number of rotatable bonds is 4. The number of carboxylic acids is 1. The van der Waals surface area contributed by atoms with E-state index in [1.807, 2.05) is 5.48 Å². The van der Waals surface area contributed by atoms with Crippen molar-refractivity contribution in [3.05, 3.63) is 24.3 Å². The minimum atomic E-state index is -1.18. The Morgan fingerprint density at radius 1 is 1.38 bits per heavy atom. The van der Waals surface area contributed by atoms with Crippen molar-refractivity contribution in [1.82, 2.24) is 5.48 Å². The first-order valence-electron chi connectivity index (χ1n) is 4.34. The van der Waals surface area contributed by atoms with E-state index in [-0.39, 0.29) is 0 Å². The number of urea groups is 1. The summed E-state index contributed by atoms with van der Waals surface area (Å²) in [7, 11) is 0. The van der Waals surface area contributed by atoms with E-state index in [0.717, 1.165) is 0 Å². The number of aliphatic carboxylic acids is 1. The third-order valence-corrected chi connectivity index (χ3v) is 1.57. The van der Waals surface area contributed by atoms with Gasteiger partial charge in [0, 0.05) is 0 Å². The third kappa shape index (κ3) is 3.84. The Morgan fingerprint density at radius 2 is 2.06 bits per heavy atom. The molecule has 5 N–H and O–H groups in total. The van der Waals surface area contributed by atoms with Crippen molar-refractivity contribution in [2.75, 3.05) is 17.7 Å². The number of nitrogens with one attached hydrogen (secondary N) is 2. The van der Waals surface area contributed by atoms with E-state index in [1.165, 1.54) is 0 Å².